The molecule has 1 heterocycles. The molecule has 2 aromatic rings. The van der Waals surface area contributed by atoms with E-state index in [-0.39, 0.29) is 23.1 Å². The van der Waals surface area contributed by atoms with Gasteiger partial charge < -0.3 is 9.64 Å². The summed E-state index contributed by atoms with van der Waals surface area (Å²) in [6.45, 7) is 3.63. The van der Waals surface area contributed by atoms with E-state index in [1.54, 1.807) is 30.3 Å². The van der Waals surface area contributed by atoms with Crippen molar-refractivity contribution < 1.29 is 17.9 Å². The fourth-order valence-electron chi connectivity index (χ4n) is 3.64. The van der Waals surface area contributed by atoms with Crippen LogP contribution in [0.4, 0.5) is 0 Å². The molecule has 0 spiro atoms. The van der Waals surface area contributed by atoms with E-state index in [4.69, 9.17) is 16.3 Å². The second-order valence-corrected chi connectivity index (χ2v) is 9.66. The number of ether oxygens (including phenoxy) is 1. The van der Waals surface area contributed by atoms with Gasteiger partial charge in [0.05, 0.1) is 7.11 Å². The molecule has 2 aromatic carbocycles. The van der Waals surface area contributed by atoms with Crippen LogP contribution >= 0.6 is 11.6 Å². The summed E-state index contributed by atoms with van der Waals surface area (Å²) in [6.07, 6.45) is 3.12. The highest BCUT2D eigenvalue weighted by Gasteiger charge is 2.26. The van der Waals surface area contributed by atoms with Crippen LogP contribution in [-0.4, -0.2) is 39.4 Å². The Labute approximate surface area is 183 Å². The van der Waals surface area contributed by atoms with Gasteiger partial charge in [-0.25, -0.2) is 13.1 Å². The summed E-state index contributed by atoms with van der Waals surface area (Å²) in [5.41, 5.74) is 1.12. The number of amides is 1. The third-order valence-corrected chi connectivity index (χ3v) is 7.14. The van der Waals surface area contributed by atoms with Gasteiger partial charge in [-0.2, -0.15) is 0 Å². The SMILES string of the molecule is CCC1CCCN(C(=O)c2ccc(OC)c(S(=O)(=O)NCc3ccc(Cl)cc3)c2)C1. The van der Waals surface area contributed by atoms with Crippen LogP contribution in [-0.2, 0) is 16.6 Å². The zero-order valence-electron chi connectivity index (χ0n) is 17.2. The molecule has 8 heteroatoms. The number of sulfonamides is 1. The van der Waals surface area contributed by atoms with E-state index in [0.29, 0.717) is 29.6 Å². The maximum absolute atomic E-state index is 13.0. The molecular formula is C22H27ClN2O4S. The number of methoxy groups -OCH3 is 1. The minimum absolute atomic E-state index is 0.0473. The molecule has 0 saturated carbocycles. The first-order valence-electron chi connectivity index (χ1n) is 10.1. The molecule has 1 unspecified atom stereocenters. The summed E-state index contributed by atoms with van der Waals surface area (Å²) in [6, 6.07) is 11.5. The van der Waals surface area contributed by atoms with E-state index in [2.05, 4.69) is 11.6 Å². The molecule has 1 aliphatic heterocycles. The number of carbonyl (C=O) groups excluding carboxylic acids is 1. The lowest BCUT2D eigenvalue weighted by atomic mass is 9.95. The molecule has 0 aliphatic carbocycles. The van der Waals surface area contributed by atoms with Gasteiger partial charge >= 0.3 is 0 Å². The summed E-state index contributed by atoms with van der Waals surface area (Å²) >= 11 is 5.88. The van der Waals surface area contributed by atoms with Crippen molar-refractivity contribution in [1.29, 1.82) is 0 Å². The van der Waals surface area contributed by atoms with Crippen LogP contribution in [0, 0.1) is 5.92 Å². The lowest BCUT2D eigenvalue weighted by molar-refractivity contribution is 0.0671. The summed E-state index contributed by atoms with van der Waals surface area (Å²) in [7, 11) is -2.48. The Morgan fingerprint density at radius 3 is 2.63 bits per heavy atom. The van der Waals surface area contributed by atoms with Crippen molar-refractivity contribution in [3.8, 4) is 5.75 Å². The predicted octanol–water partition coefficient (Wildman–Crippen LogP) is 4.09. The molecule has 0 aromatic heterocycles. The van der Waals surface area contributed by atoms with Crippen LogP contribution in [0.3, 0.4) is 0 Å². The van der Waals surface area contributed by atoms with Gasteiger partial charge in [0, 0.05) is 30.2 Å². The minimum atomic E-state index is -3.89. The third-order valence-electron chi connectivity index (χ3n) is 5.46. The molecule has 1 saturated heterocycles. The molecule has 0 bridgehead atoms. The molecule has 1 N–H and O–H groups in total. The predicted molar refractivity (Wildman–Crippen MR) is 117 cm³/mol. The lowest BCUT2D eigenvalue weighted by Crippen LogP contribution is -2.39. The number of rotatable bonds is 7. The highest BCUT2D eigenvalue weighted by molar-refractivity contribution is 7.89. The quantitative estimate of drug-likeness (QED) is 0.689. The number of hydrogen-bond donors (Lipinski definition) is 1. The molecule has 6 nitrogen and oxygen atoms in total. The Bertz CT molecular complexity index is 993. The zero-order valence-corrected chi connectivity index (χ0v) is 18.8. The van der Waals surface area contributed by atoms with E-state index in [1.807, 2.05) is 4.90 Å². The smallest absolute Gasteiger partial charge is 0.253 e. The first-order valence-corrected chi connectivity index (χ1v) is 11.9. The van der Waals surface area contributed by atoms with Crippen LogP contribution in [0.5, 0.6) is 5.75 Å². The van der Waals surface area contributed by atoms with Crippen molar-refractivity contribution in [2.75, 3.05) is 20.2 Å². The average molecular weight is 451 g/mol. The number of nitrogens with zero attached hydrogens (tertiary/aromatic N) is 1. The van der Waals surface area contributed by atoms with Gasteiger partial charge in [-0.3, -0.25) is 4.79 Å². The number of piperidine rings is 1. The standard InChI is InChI=1S/C22H27ClN2O4S/c1-3-16-5-4-12-25(15-16)22(26)18-8-11-20(29-2)21(13-18)30(27,28)24-14-17-6-9-19(23)10-7-17/h6-11,13,16,24H,3-5,12,14-15H2,1-2H3. The number of benzene rings is 2. The summed E-state index contributed by atoms with van der Waals surface area (Å²) in [4.78, 5) is 14.8. The number of hydrogen-bond acceptors (Lipinski definition) is 4. The molecule has 1 aliphatic rings. The molecule has 30 heavy (non-hydrogen) atoms. The number of nitrogens with one attached hydrogen (secondary N) is 1. The summed E-state index contributed by atoms with van der Waals surface area (Å²) in [5.74, 6) is 0.537. The Kier molecular flexibility index (Phi) is 7.39. The normalized spacial score (nSPS) is 17.0. The van der Waals surface area contributed by atoms with E-state index in [9.17, 15) is 13.2 Å². The zero-order chi connectivity index (χ0) is 21.7. The first kappa shape index (κ1) is 22.6. The van der Waals surface area contributed by atoms with Crippen molar-refractivity contribution in [2.24, 2.45) is 5.92 Å². The van der Waals surface area contributed by atoms with Crippen molar-refractivity contribution in [3.05, 3.63) is 58.6 Å². The van der Waals surface area contributed by atoms with Crippen molar-refractivity contribution in [3.63, 3.8) is 0 Å². The number of likely N-dealkylation sites (tertiary alicyclic amines) is 1. The van der Waals surface area contributed by atoms with E-state index < -0.39 is 10.0 Å². The fraction of sp³-hybridized carbons (Fsp3) is 0.409. The fourth-order valence-corrected chi connectivity index (χ4v) is 4.98. The van der Waals surface area contributed by atoms with Gasteiger partial charge in [-0.15, -0.1) is 0 Å². The average Bonchev–Trinajstić information content (AvgIpc) is 2.77. The molecule has 1 amide bonds. The van der Waals surface area contributed by atoms with Crippen LogP contribution < -0.4 is 9.46 Å². The van der Waals surface area contributed by atoms with E-state index in [1.165, 1.54) is 19.2 Å². The Balaban J connectivity index is 1.82. The van der Waals surface area contributed by atoms with Crippen LogP contribution in [0.25, 0.3) is 0 Å². The molecule has 1 atom stereocenters. The van der Waals surface area contributed by atoms with E-state index >= 15 is 0 Å². The van der Waals surface area contributed by atoms with Crippen LogP contribution in [0.15, 0.2) is 47.4 Å². The van der Waals surface area contributed by atoms with Crippen molar-refractivity contribution in [2.45, 2.75) is 37.6 Å². The molecular weight excluding hydrogens is 424 g/mol. The highest BCUT2D eigenvalue weighted by atomic mass is 35.5. The van der Waals surface area contributed by atoms with Crippen LogP contribution in [0.1, 0.15) is 42.1 Å². The van der Waals surface area contributed by atoms with Gasteiger partial charge in [0.25, 0.3) is 5.91 Å². The summed E-state index contributed by atoms with van der Waals surface area (Å²) in [5, 5.41) is 0.581. The second-order valence-electron chi connectivity index (χ2n) is 7.48. The third kappa shape index (κ3) is 5.33. The summed E-state index contributed by atoms with van der Waals surface area (Å²) < 4.78 is 33.7. The van der Waals surface area contributed by atoms with Crippen LogP contribution in [0.2, 0.25) is 5.02 Å². The van der Waals surface area contributed by atoms with E-state index in [0.717, 1.165) is 24.8 Å². The van der Waals surface area contributed by atoms with Gasteiger partial charge in [-0.1, -0.05) is 37.1 Å². The minimum Gasteiger partial charge on any atom is -0.495 e. The number of halogens is 1. The van der Waals surface area contributed by atoms with Crippen molar-refractivity contribution >= 4 is 27.5 Å². The lowest BCUT2D eigenvalue weighted by Gasteiger charge is -2.32. The molecule has 1 fully saturated rings. The topological polar surface area (TPSA) is 75.7 Å². The Morgan fingerprint density at radius 1 is 1.23 bits per heavy atom. The maximum Gasteiger partial charge on any atom is 0.253 e. The monoisotopic (exact) mass is 450 g/mol. The second kappa shape index (κ2) is 9.81. The Hall–Kier alpha value is -2.09. The number of carbonyl (C=O) groups is 1. The maximum atomic E-state index is 13.0. The molecule has 0 radical (unpaired) electrons. The van der Waals surface area contributed by atoms with Gasteiger partial charge in [-0.05, 0) is 54.7 Å². The van der Waals surface area contributed by atoms with Gasteiger partial charge in [0.2, 0.25) is 10.0 Å². The molecule has 3 rings (SSSR count). The highest BCUT2D eigenvalue weighted by Crippen LogP contribution is 2.27. The first-order chi connectivity index (χ1) is 14.3. The van der Waals surface area contributed by atoms with Gasteiger partial charge in [0.1, 0.15) is 10.6 Å². The van der Waals surface area contributed by atoms with Crippen molar-refractivity contribution in [1.82, 2.24) is 9.62 Å². The molecule has 162 valence electrons. The Morgan fingerprint density at radius 2 is 1.97 bits per heavy atom. The van der Waals surface area contributed by atoms with Gasteiger partial charge in [0.15, 0.2) is 0 Å². The largest absolute Gasteiger partial charge is 0.495 e.